The molecule has 1 amide bonds. The van der Waals surface area contributed by atoms with E-state index < -0.39 is 29.9 Å². The van der Waals surface area contributed by atoms with Crippen LogP contribution in [0.1, 0.15) is 20.8 Å². The summed E-state index contributed by atoms with van der Waals surface area (Å²) in [7, 11) is 0. The Labute approximate surface area is 168 Å². The van der Waals surface area contributed by atoms with Crippen LogP contribution in [0.25, 0.3) is 0 Å². The average Bonchev–Trinajstić information content (AvgIpc) is 3.00. The number of anilines is 1. The SMILES string of the molecule is CCOC(=O)CNC1=C(C(=O)OCC)C(C(=O)OCC)N(c2ccccc2)C1=O. The number of para-hydroxylation sites is 1. The van der Waals surface area contributed by atoms with Crippen molar-refractivity contribution in [2.75, 3.05) is 31.3 Å². The van der Waals surface area contributed by atoms with Crippen LogP contribution in [0.4, 0.5) is 5.69 Å². The first-order chi connectivity index (χ1) is 14.0. The summed E-state index contributed by atoms with van der Waals surface area (Å²) in [6.07, 6.45) is 0. The zero-order chi connectivity index (χ0) is 21.4. The number of nitrogens with one attached hydrogen (secondary N) is 1. The van der Waals surface area contributed by atoms with Gasteiger partial charge in [-0.1, -0.05) is 18.2 Å². The van der Waals surface area contributed by atoms with Crippen LogP contribution >= 0.6 is 0 Å². The molecular formula is C20H24N2O7. The van der Waals surface area contributed by atoms with E-state index in [1.165, 1.54) is 0 Å². The molecule has 1 aromatic rings. The highest BCUT2D eigenvalue weighted by Gasteiger charge is 2.48. The van der Waals surface area contributed by atoms with Crippen LogP contribution < -0.4 is 10.2 Å². The van der Waals surface area contributed by atoms with Crippen molar-refractivity contribution in [3.05, 3.63) is 41.6 Å². The Morgan fingerprint density at radius 1 is 0.966 bits per heavy atom. The van der Waals surface area contributed by atoms with Crippen molar-refractivity contribution in [2.45, 2.75) is 26.8 Å². The number of hydrogen-bond donors (Lipinski definition) is 1. The van der Waals surface area contributed by atoms with Gasteiger partial charge in [0.1, 0.15) is 17.8 Å². The van der Waals surface area contributed by atoms with Gasteiger partial charge in [0.05, 0.1) is 19.8 Å². The molecule has 1 aromatic carbocycles. The predicted octanol–water partition coefficient (Wildman–Crippen LogP) is 0.935. The molecule has 0 bridgehead atoms. The molecule has 2 rings (SSSR count). The van der Waals surface area contributed by atoms with Crippen molar-refractivity contribution < 1.29 is 33.4 Å². The van der Waals surface area contributed by atoms with Gasteiger partial charge in [-0.25, -0.2) is 9.59 Å². The summed E-state index contributed by atoms with van der Waals surface area (Å²) in [6, 6.07) is 7.05. The number of carbonyl (C=O) groups excluding carboxylic acids is 4. The van der Waals surface area contributed by atoms with Gasteiger partial charge in [0.2, 0.25) is 0 Å². The maximum absolute atomic E-state index is 13.2. The second kappa shape index (κ2) is 10.3. The van der Waals surface area contributed by atoms with Gasteiger partial charge in [-0.05, 0) is 32.9 Å². The fourth-order valence-corrected chi connectivity index (χ4v) is 2.88. The molecule has 1 heterocycles. The number of esters is 3. The van der Waals surface area contributed by atoms with E-state index in [9.17, 15) is 19.2 Å². The Bertz CT molecular complexity index is 804. The van der Waals surface area contributed by atoms with Crippen LogP contribution in [-0.2, 0) is 33.4 Å². The number of carbonyl (C=O) groups is 4. The van der Waals surface area contributed by atoms with Crippen LogP contribution in [0.3, 0.4) is 0 Å². The normalized spacial score (nSPS) is 15.9. The van der Waals surface area contributed by atoms with Crippen molar-refractivity contribution in [1.29, 1.82) is 0 Å². The van der Waals surface area contributed by atoms with Crippen molar-refractivity contribution in [1.82, 2.24) is 5.32 Å². The fraction of sp³-hybridized carbons (Fsp3) is 0.400. The lowest BCUT2D eigenvalue weighted by Gasteiger charge is -2.24. The maximum atomic E-state index is 13.2. The first-order valence-electron chi connectivity index (χ1n) is 9.32. The lowest BCUT2D eigenvalue weighted by atomic mass is 10.1. The van der Waals surface area contributed by atoms with E-state index in [0.29, 0.717) is 5.69 Å². The maximum Gasteiger partial charge on any atom is 0.339 e. The van der Waals surface area contributed by atoms with Crippen molar-refractivity contribution in [3.8, 4) is 0 Å². The topological polar surface area (TPSA) is 111 Å². The molecule has 1 unspecified atom stereocenters. The third kappa shape index (κ3) is 4.92. The first-order valence-corrected chi connectivity index (χ1v) is 9.32. The second-order valence-corrected chi connectivity index (χ2v) is 5.83. The minimum Gasteiger partial charge on any atom is -0.465 e. The van der Waals surface area contributed by atoms with Gasteiger partial charge in [-0.15, -0.1) is 0 Å². The summed E-state index contributed by atoms with van der Waals surface area (Å²) in [5.41, 5.74) is -0.00727. The summed E-state index contributed by atoms with van der Waals surface area (Å²) in [6.45, 7) is 4.80. The van der Waals surface area contributed by atoms with E-state index in [2.05, 4.69) is 5.32 Å². The molecule has 156 valence electrons. The summed E-state index contributed by atoms with van der Waals surface area (Å²) < 4.78 is 15.0. The monoisotopic (exact) mass is 404 g/mol. The number of benzene rings is 1. The number of rotatable bonds is 9. The number of nitrogens with zero attached hydrogens (tertiary/aromatic N) is 1. The lowest BCUT2D eigenvalue weighted by Crippen LogP contribution is -2.44. The molecule has 0 radical (unpaired) electrons. The molecule has 1 atom stereocenters. The number of ether oxygens (including phenoxy) is 3. The molecule has 29 heavy (non-hydrogen) atoms. The van der Waals surface area contributed by atoms with E-state index in [1.807, 2.05) is 0 Å². The van der Waals surface area contributed by atoms with Crippen molar-refractivity contribution in [3.63, 3.8) is 0 Å². The van der Waals surface area contributed by atoms with Crippen molar-refractivity contribution >= 4 is 29.5 Å². The standard InChI is InChI=1S/C20H24N2O7/c1-4-27-14(23)12-21-16-15(19(25)28-5-2)17(20(26)29-6-3)22(18(16)24)13-10-8-7-9-11-13/h7-11,17,21H,4-6,12H2,1-3H3. The molecule has 0 aromatic heterocycles. The zero-order valence-electron chi connectivity index (χ0n) is 16.6. The molecule has 1 aliphatic heterocycles. The first kappa shape index (κ1) is 21.9. The minimum atomic E-state index is -1.34. The van der Waals surface area contributed by atoms with Gasteiger partial charge in [-0.3, -0.25) is 14.5 Å². The van der Waals surface area contributed by atoms with Gasteiger partial charge in [0.25, 0.3) is 5.91 Å². The second-order valence-electron chi connectivity index (χ2n) is 5.83. The zero-order valence-corrected chi connectivity index (χ0v) is 16.6. The molecule has 1 N–H and O–H groups in total. The highest BCUT2D eigenvalue weighted by Crippen LogP contribution is 2.32. The van der Waals surface area contributed by atoms with Gasteiger partial charge in [0.15, 0.2) is 6.04 Å². The van der Waals surface area contributed by atoms with E-state index in [-0.39, 0.29) is 37.6 Å². The van der Waals surface area contributed by atoms with Gasteiger partial charge >= 0.3 is 17.9 Å². The van der Waals surface area contributed by atoms with E-state index in [0.717, 1.165) is 4.90 Å². The molecule has 0 saturated carbocycles. The molecule has 9 nitrogen and oxygen atoms in total. The van der Waals surface area contributed by atoms with Crippen LogP contribution in [0.5, 0.6) is 0 Å². The summed E-state index contributed by atoms with van der Waals surface area (Å²) >= 11 is 0. The highest BCUT2D eigenvalue weighted by atomic mass is 16.5. The van der Waals surface area contributed by atoms with E-state index >= 15 is 0 Å². The Morgan fingerprint density at radius 2 is 1.59 bits per heavy atom. The molecular weight excluding hydrogens is 380 g/mol. The fourth-order valence-electron chi connectivity index (χ4n) is 2.88. The van der Waals surface area contributed by atoms with Crippen LogP contribution in [0.2, 0.25) is 0 Å². The molecule has 0 fully saturated rings. The Kier molecular flexibility index (Phi) is 7.76. The van der Waals surface area contributed by atoms with Crippen LogP contribution in [-0.4, -0.2) is 56.2 Å². The van der Waals surface area contributed by atoms with Gasteiger partial charge in [-0.2, -0.15) is 0 Å². The quantitative estimate of drug-likeness (QED) is 0.478. The Hall–Kier alpha value is -3.36. The average molecular weight is 404 g/mol. The smallest absolute Gasteiger partial charge is 0.339 e. The predicted molar refractivity (Wildman–Crippen MR) is 103 cm³/mol. The number of amides is 1. The molecule has 0 aliphatic carbocycles. The Balaban J connectivity index is 2.52. The largest absolute Gasteiger partial charge is 0.465 e. The summed E-state index contributed by atoms with van der Waals surface area (Å²) in [5, 5.41) is 2.64. The molecule has 0 spiro atoms. The van der Waals surface area contributed by atoms with Gasteiger partial charge < -0.3 is 19.5 Å². The number of hydrogen-bond acceptors (Lipinski definition) is 8. The third-order valence-electron chi connectivity index (χ3n) is 3.99. The van der Waals surface area contributed by atoms with E-state index in [1.54, 1.807) is 51.1 Å². The lowest BCUT2D eigenvalue weighted by molar-refractivity contribution is -0.147. The molecule has 9 heteroatoms. The van der Waals surface area contributed by atoms with E-state index in [4.69, 9.17) is 14.2 Å². The third-order valence-corrected chi connectivity index (χ3v) is 3.99. The highest BCUT2D eigenvalue weighted by molar-refractivity contribution is 6.20. The minimum absolute atomic E-state index is 0.0442. The molecule has 1 aliphatic rings. The van der Waals surface area contributed by atoms with Gasteiger partial charge in [0, 0.05) is 5.69 Å². The van der Waals surface area contributed by atoms with Crippen LogP contribution in [0, 0.1) is 0 Å². The van der Waals surface area contributed by atoms with Crippen LogP contribution in [0.15, 0.2) is 41.6 Å². The van der Waals surface area contributed by atoms with Crippen molar-refractivity contribution in [2.24, 2.45) is 0 Å². The molecule has 0 saturated heterocycles. The Morgan fingerprint density at radius 3 is 2.17 bits per heavy atom. The summed E-state index contributed by atoms with van der Waals surface area (Å²) in [4.78, 5) is 51.4. The summed E-state index contributed by atoms with van der Waals surface area (Å²) in [5.74, 6) is -2.88.